The van der Waals surface area contributed by atoms with Gasteiger partial charge in [-0.3, -0.25) is 4.79 Å². The van der Waals surface area contributed by atoms with Crippen molar-refractivity contribution in [1.82, 2.24) is 14.2 Å². The van der Waals surface area contributed by atoms with Crippen molar-refractivity contribution in [3.63, 3.8) is 0 Å². The molecule has 172 valence electrons. The Morgan fingerprint density at radius 2 is 1.77 bits per heavy atom. The van der Waals surface area contributed by atoms with Crippen LogP contribution in [0.1, 0.15) is 21.6 Å². The molecule has 0 saturated carbocycles. The van der Waals surface area contributed by atoms with Crippen LogP contribution in [0.2, 0.25) is 0 Å². The van der Waals surface area contributed by atoms with Crippen LogP contribution in [0.4, 0.5) is 17.1 Å². The van der Waals surface area contributed by atoms with E-state index in [1.165, 1.54) is 6.20 Å². The number of hydrogen-bond donors (Lipinski definition) is 2. The summed E-state index contributed by atoms with van der Waals surface area (Å²) in [5.74, 6) is 1.23. The molecule has 2 N–H and O–H groups in total. The smallest absolute Gasteiger partial charge is 0.272 e. The van der Waals surface area contributed by atoms with Crippen LogP contribution >= 0.6 is 0 Å². The van der Waals surface area contributed by atoms with Gasteiger partial charge in [-0.25, -0.2) is 4.52 Å². The van der Waals surface area contributed by atoms with Gasteiger partial charge < -0.3 is 19.9 Å². The molecule has 35 heavy (non-hydrogen) atoms. The quantitative estimate of drug-likeness (QED) is 0.340. The van der Waals surface area contributed by atoms with E-state index in [1.54, 1.807) is 21.3 Å². The zero-order valence-electron chi connectivity index (χ0n) is 19.2. The van der Waals surface area contributed by atoms with Gasteiger partial charge in [0, 0.05) is 24.5 Å². The van der Waals surface area contributed by atoms with Gasteiger partial charge in [0.05, 0.1) is 34.8 Å². The molecule has 0 aliphatic rings. The molecule has 0 saturated heterocycles. The third kappa shape index (κ3) is 4.30. The minimum Gasteiger partial charge on any atom is -0.457 e. The van der Waals surface area contributed by atoms with Gasteiger partial charge in [-0.1, -0.05) is 18.2 Å². The molecule has 0 unspecified atom stereocenters. The molecule has 0 fully saturated rings. The number of nitrogens with zero attached hydrogens (tertiary/aromatic N) is 4. The van der Waals surface area contributed by atoms with Crippen molar-refractivity contribution in [2.24, 2.45) is 7.05 Å². The van der Waals surface area contributed by atoms with Gasteiger partial charge in [0.2, 0.25) is 0 Å². The molecule has 0 atom stereocenters. The second-order valence-corrected chi connectivity index (χ2v) is 8.03. The lowest BCUT2D eigenvalue weighted by molar-refractivity contribution is 0.101. The van der Waals surface area contributed by atoms with Crippen molar-refractivity contribution in [2.45, 2.75) is 6.92 Å². The first-order chi connectivity index (χ1) is 17.0. The summed E-state index contributed by atoms with van der Waals surface area (Å²) in [7, 11) is 1.82. The van der Waals surface area contributed by atoms with Crippen molar-refractivity contribution in [3.05, 3.63) is 102 Å². The van der Waals surface area contributed by atoms with E-state index in [0.717, 1.165) is 17.0 Å². The topological polar surface area (TPSA) is 96.4 Å². The number of fused-ring (bicyclic) bond motifs is 1. The first kappa shape index (κ1) is 21.8. The molecule has 0 aliphatic heterocycles. The van der Waals surface area contributed by atoms with Crippen molar-refractivity contribution >= 4 is 28.5 Å². The average Bonchev–Trinajstić information content (AvgIpc) is 3.44. The minimum atomic E-state index is -0.222. The number of amides is 1. The highest BCUT2D eigenvalue weighted by molar-refractivity contribution is 6.04. The monoisotopic (exact) mass is 462 g/mol. The fraction of sp³-hybridized carbons (Fsp3) is 0.0741. The fourth-order valence-corrected chi connectivity index (χ4v) is 3.88. The summed E-state index contributed by atoms with van der Waals surface area (Å²) < 4.78 is 9.27. The molecule has 5 aromatic rings. The molecule has 8 nitrogen and oxygen atoms in total. The molecule has 2 aromatic carbocycles. The first-order valence-electron chi connectivity index (χ1n) is 11.0. The van der Waals surface area contributed by atoms with E-state index < -0.39 is 0 Å². The number of carbonyl (C=O) groups excluding carboxylic acids is 1. The maximum Gasteiger partial charge on any atom is 0.272 e. The molecule has 0 spiro atoms. The number of para-hydroxylation sites is 1. The van der Waals surface area contributed by atoms with Gasteiger partial charge in [-0.05, 0) is 55.5 Å². The summed E-state index contributed by atoms with van der Waals surface area (Å²) in [6.45, 7) is 1.89. The number of rotatable bonds is 6. The van der Waals surface area contributed by atoms with Gasteiger partial charge in [0.25, 0.3) is 5.91 Å². The Bertz CT molecular complexity index is 1560. The van der Waals surface area contributed by atoms with E-state index in [9.17, 15) is 10.1 Å². The van der Waals surface area contributed by atoms with Crippen LogP contribution in [-0.4, -0.2) is 20.1 Å². The number of hydrogen-bond acceptors (Lipinski definition) is 5. The number of aromatic nitrogens is 3. The van der Waals surface area contributed by atoms with Crippen molar-refractivity contribution in [3.8, 4) is 17.6 Å². The van der Waals surface area contributed by atoms with E-state index in [0.29, 0.717) is 33.9 Å². The summed E-state index contributed by atoms with van der Waals surface area (Å²) in [6, 6.07) is 22.8. The van der Waals surface area contributed by atoms with Gasteiger partial charge in [0.1, 0.15) is 23.3 Å². The van der Waals surface area contributed by atoms with Gasteiger partial charge in [0.15, 0.2) is 0 Å². The predicted octanol–water partition coefficient (Wildman–Crippen LogP) is 5.64. The van der Waals surface area contributed by atoms with E-state index in [2.05, 4.69) is 21.8 Å². The number of carbonyl (C=O) groups is 1. The number of ether oxygens (including phenoxy) is 1. The van der Waals surface area contributed by atoms with Crippen molar-refractivity contribution < 1.29 is 9.53 Å². The minimum absolute atomic E-state index is 0.222. The lowest BCUT2D eigenvalue weighted by Crippen LogP contribution is -2.15. The maximum atomic E-state index is 12.7. The van der Waals surface area contributed by atoms with Crippen LogP contribution in [0.15, 0.2) is 85.3 Å². The fourth-order valence-electron chi connectivity index (χ4n) is 3.88. The molecule has 1 amide bonds. The molecule has 3 aromatic heterocycles. The normalized spacial score (nSPS) is 10.7. The Kier molecular flexibility index (Phi) is 5.65. The maximum absolute atomic E-state index is 12.7. The molecule has 0 bridgehead atoms. The first-order valence-corrected chi connectivity index (χ1v) is 11.0. The zero-order valence-corrected chi connectivity index (χ0v) is 19.2. The highest BCUT2D eigenvalue weighted by atomic mass is 16.5. The SMILES string of the molecule is Cc1c(NC(=O)c2cccn2C)cn2ncc(C#N)c(Nc3ccc(Oc4ccccc4)cc3)c12. The van der Waals surface area contributed by atoms with Crippen molar-refractivity contribution in [2.75, 3.05) is 10.6 Å². The molecule has 0 aliphatic carbocycles. The van der Waals surface area contributed by atoms with E-state index in [4.69, 9.17) is 4.74 Å². The molecular weight excluding hydrogens is 440 g/mol. The van der Waals surface area contributed by atoms with Crippen molar-refractivity contribution in [1.29, 1.82) is 5.26 Å². The largest absolute Gasteiger partial charge is 0.457 e. The Morgan fingerprint density at radius 3 is 2.46 bits per heavy atom. The standard InChI is InChI=1S/C27H22N6O2/c1-18-23(31-27(34)24-9-6-14-32(24)2)17-33-26(18)25(19(15-28)16-29-33)30-20-10-12-22(13-11-20)35-21-7-4-3-5-8-21/h3-14,16-17,30H,1-2H3,(H,31,34). The summed E-state index contributed by atoms with van der Waals surface area (Å²) in [5, 5.41) is 20.4. The predicted molar refractivity (Wildman–Crippen MR) is 134 cm³/mol. The third-order valence-corrected chi connectivity index (χ3v) is 5.70. The van der Waals surface area contributed by atoms with Crippen LogP contribution in [0.3, 0.4) is 0 Å². The Morgan fingerprint density at radius 1 is 1.03 bits per heavy atom. The van der Waals surface area contributed by atoms with E-state index in [1.807, 2.05) is 80.8 Å². The van der Waals surface area contributed by atoms with Gasteiger partial charge >= 0.3 is 0 Å². The van der Waals surface area contributed by atoms with Crippen LogP contribution in [0.5, 0.6) is 11.5 Å². The highest BCUT2D eigenvalue weighted by Gasteiger charge is 2.18. The van der Waals surface area contributed by atoms with Gasteiger partial charge in [-0.15, -0.1) is 0 Å². The Labute approximate surface area is 202 Å². The van der Waals surface area contributed by atoms with Crippen LogP contribution < -0.4 is 15.4 Å². The number of aryl methyl sites for hydroxylation is 2. The van der Waals surface area contributed by atoms with Crippen LogP contribution in [0.25, 0.3) is 5.52 Å². The molecular formula is C27H22N6O2. The summed E-state index contributed by atoms with van der Waals surface area (Å²) in [4.78, 5) is 12.7. The molecule has 3 heterocycles. The lowest BCUT2D eigenvalue weighted by atomic mass is 10.1. The average molecular weight is 463 g/mol. The van der Waals surface area contributed by atoms with Crippen LogP contribution in [-0.2, 0) is 7.05 Å². The highest BCUT2D eigenvalue weighted by Crippen LogP contribution is 2.33. The second-order valence-electron chi connectivity index (χ2n) is 8.03. The molecule has 0 radical (unpaired) electrons. The van der Waals surface area contributed by atoms with E-state index >= 15 is 0 Å². The van der Waals surface area contributed by atoms with Crippen LogP contribution in [0, 0.1) is 18.3 Å². The second kappa shape index (κ2) is 9.08. The Balaban J connectivity index is 1.45. The molecule has 5 rings (SSSR count). The number of nitrogens with one attached hydrogen (secondary N) is 2. The number of benzene rings is 2. The number of anilines is 3. The van der Waals surface area contributed by atoms with Gasteiger partial charge in [-0.2, -0.15) is 10.4 Å². The summed E-state index contributed by atoms with van der Waals surface area (Å²) in [6.07, 6.45) is 5.07. The summed E-state index contributed by atoms with van der Waals surface area (Å²) in [5.41, 5.74) is 4.44. The summed E-state index contributed by atoms with van der Waals surface area (Å²) >= 11 is 0. The number of nitriles is 1. The lowest BCUT2D eigenvalue weighted by Gasteiger charge is -2.12. The van der Waals surface area contributed by atoms with E-state index in [-0.39, 0.29) is 5.91 Å². The molecule has 8 heteroatoms. The zero-order chi connectivity index (χ0) is 24.4. The third-order valence-electron chi connectivity index (χ3n) is 5.70. The Hall–Kier alpha value is -5.03.